The monoisotopic (exact) mass is 414 g/mol. The summed E-state index contributed by atoms with van der Waals surface area (Å²) in [6, 6.07) is 17.4. The van der Waals surface area contributed by atoms with Crippen LogP contribution < -0.4 is 14.2 Å². The number of hydrogen-bond donors (Lipinski definition) is 0. The topological polar surface area (TPSA) is 59.5 Å². The lowest BCUT2D eigenvalue weighted by molar-refractivity contribution is -0.688. The van der Waals surface area contributed by atoms with E-state index in [0.29, 0.717) is 12.3 Å². The van der Waals surface area contributed by atoms with Crippen molar-refractivity contribution in [3.63, 3.8) is 0 Å². The van der Waals surface area contributed by atoms with Crippen LogP contribution >= 0.6 is 0 Å². The molecule has 3 heterocycles. The van der Waals surface area contributed by atoms with Crippen molar-refractivity contribution in [1.82, 2.24) is 0 Å². The van der Waals surface area contributed by atoms with Gasteiger partial charge >= 0.3 is 0 Å². The van der Waals surface area contributed by atoms with E-state index in [0.717, 1.165) is 16.8 Å². The molecule has 1 unspecified atom stereocenters. The summed E-state index contributed by atoms with van der Waals surface area (Å²) >= 11 is 0. The zero-order chi connectivity index (χ0) is 21.8. The summed E-state index contributed by atoms with van der Waals surface area (Å²) in [5.41, 5.74) is 2.86. The van der Waals surface area contributed by atoms with Crippen LogP contribution in [0.5, 0.6) is 5.75 Å². The summed E-state index contributed by atoms with van der Waals surface area (Å²) in [5, 5.41) is 11.6. The lowest BCUT2D eigenvalue weighted by Gasteiger charge is -2.46. The van der Waals surface area contributed by atoms with Crippen molar-refractivity contribution in [2.75, 3.05) is 11.9 Å². The predicted molar refractivity (Wildman–Crippen MR) is 119 cm³/mol. The van der Waals surface area contributed by atoms with E-state index in [2.05, 4.69) is 36.9 Å². The molecule has 31 heavy (non-hydrogen) atoms. The highest BCUT2D eigenvalue weighted by atomic mass is 16.6. The molecule has 1 spiro atoms. The zero-order valence-corrected chi connectivity index (χ0v) is 17.8. The highest BCUT2D eigenvalue weighted by Gasteiger charge is 2.57. The molecule has 0 bridgehead atoms. The molecular formula is C25H24N3O3+. The SMILES string of the molecule is CN1c2ccccc2C(C)(C)C12C=Cc1cc([N+](=O)[O-])cc(C[n+]3ccccc3)c1O2. The number of hydrogen-bond acceptors (Lipinski definition) is 4. The fraction of sp³-hybridized carbons (Fsp3) is 0.240. The van der Waals surface area contributed by atoms with Gasteiger partial charge in [-0.25, -0.2) is 4.57 Å². The number of rotatable bonds is 3. The number of non-ortho nitro benzene ring substituents is 1. The molecule has 0 radical (unpaired) electrons. The van der Waals surface area contributed by atoms with Crippen molar-refractivity contribution in [3.8, 4) is 5.75 Å². The van der Waals surface area contributed by atoms with E-state index in [4.69, 9.17) is 4.74 Å². The number of nitro groups is 1. The van der Waals surface area contributed by atoms with Crippen LogP contribution in [0.15, 0.2) is 73.1 Å². The summed E-state index contributed by atoms with van der Waals surface area (Å²) in [5.74, 6) is 0.692. The minimum absolute atomic E-state index is 0.0665. The molecule has 1 atom stereocenters. The Morgan fingerprint density at radius 3 is 2.55 bits per heavy atom. The summed E-state index contributed by atoms with van der Waals surface area (Å²) in [6.07, 6.45) is 7.90. The standard InChI is InChI=1S/C25H24N3O3/c1-24(2)21-9-5-6-10-22(21)26(3)25(24)12-11-18-15-20(28(29)30)16-19(23(18)31-25)17-27-13-7-4-8-14-27/h4-16H,17H2,1-3H3/q+1. The molecule has 1 aromatic heterocycles. The van der Waals surface area contributed by atoms with E-state index >= 15 is 0 Å². The first-order valence-electron chi connectivity index (χ1n) is 10.3. The van der Waals surface area contributed by atoms with Crippen molar-refractivity contribution < 1.29 is 14.2 Å². The Bertz CT molecular complexity index is 1220. The maximum absolute atomic E-state index is 11.6. The molecule has 5 rings (SSSR count). The first-order valence-corrected chi connectivity index (χ1v) is 10.3. The van der Waals surface area contributed by atoms with Crippen molar-refractivity contribution in [3.05, 3.63) is 99.9 Å². The minimum atomic E-state index is -0.726. The van der Waals surface area contributed by atoms with Crippen LogP contribution in [-0.4, -0.2) is 17.7 Å². The number of benzene rings is 2. The molecule has 0 fully saturated rings. The largest absolute Gasteiger partial charge is 0.462 e. The summed E-state index contributed by atoms with van der Waals surface area (Å²) in [4.78, 5) is 13.4. The fourth-order valence-electron chi connectivity index (χ4n) is 4.90. The molecule has 0 N–H and O–H groups in total. The number of nitrogens with zero attached hydrogens (tertiary/aromatic N) is 3. The average Bonchev–Trinajstić information content (AvgIpc) is 2.93. The highest BCUT2D eigenvalue weighted by Crippen LogP contribution is 2.54. The molecule has 2 aromatic carbocycles. The van der Waals surface area contributed by atoms with Crippen LogP contribution in [0.3, 0.4) is 0 Å². The fourth-order valence-corrected chi connectivity index (χ4v) is 4.90. The minimum Gasteiger partial charge on any atom is -0.462 e. The summed E-state index contributed by atoms with van der Waals surface area (Å²) in [6.45, 7) is 4.84. The van der Waals surface area contributed by atoms with Crippen LogP contribution in [0.2, 0.25) is 0 Å². The molecule has 6 heteroatoms. The molecular weight excluding hydrogens is 390 g/mol. The molecule has 6 nitrogen and oxygen atoms in total. The van der Waals surface area contributed by atoms with E-state index in [1.165, 1.54) is 5.56 Å². The number of ether oxygens (including phenoxy) is 1. The van der Waals surface area contributed by atoms with Gasteiger partial charge in [0.1, 0.15) is 5.75 Å². The number of anilines is 1. The number of para-hydroxylation sites is 1. The van der Waals surface area contributed by atoms with Crippen LogP contribution in [-0.2, 0) is 12.0 Å². The number of fused-ring (bicyclic) bond motifs is 2. The van der Waals surface area contributed by atoms with Gasteiger partial charge in [0, 0.05) is 42.6 Å². The average molecular weight is 414 g/mol. The molecule has 2 aliphatic rings. The molecule has 3 aromatic rings. The van der Waals surface area contributed by atoms with Crippen molar-refractivity contribution >= 4 is 17.5 Å². The maximum Gasteiger partial charge on any atom is 0.270 e. The normalized spacial score (nSPS) is 20.3. The molecule has 2 aliphatic heterocycles. The smallest absolute Gasteiger partial charge is 0.270 e. The van der Waals surface area contributed by atoms with Gasteiger partial charge in [-0.05, 0) is 37.6 Å². The molecule has 156 valence electrons. The van der Waals surface area contributed by atoms with E-state index < -0.39 is 5.72 Å². The first-order chi connectivity index (χ1) is 14.8. The zero-order valence-electron chi connectivity index (χ0n) is 17.8. The number of likely N-dealkylation sites (N-methyl/N-ethyl adjacent to an activating group) is 1. The molecule has 0 saturated heterocycles. The van der Waals surface area contributed by atoms with Gasteiger partial charge in [0.25, 0.3) is 5.69 Å². The summed E-state index contributed by atoms with van der Waals surface area (Å²) < 4.78 is 8.82. The Morgan fingerprint density at radius 2 is 1.84 bits per heavy atom. The Kier molecular flexibility index (Phi) is 4.15. The van der Waals surface area contributed by atoms with E-state index in [-0.39, 0.29) is 16.0 Å². The molecule has 0 amide bonds. The third-order valence-electron chi connectivity index (χ3n) is 6.60. The van der Waals surface area contributed by atoms with Gasteiger partial charge in [0.15, 0.2) is 18.9 Å². The number of aromatic nitrogens is 1. The van der Waals surface area contributed by atoms with E-state index in [1.807, 2.05) is 60.4 Å². The van der Waals surface area contributed by atoms with Crippen LogP contribution in [0, 0.1) is 10.1 Å². The second-order valence-electron chi connectivity index (χ2n) is 8.66. The predicted octanol–water partition coefficient (Wildman–Crippen LogP) is 4.46. The Hall–Kier alpha value is -3.67. The van der Waals surface area contributed by atoms with Gasteiger partial charge in [0.2, 0.25) is 5.72 Å². The molecule has 0 saturated carbocycles. The molecule has 0 aliphatic carbocycles. The van der Waals surface area contributed by atoms with Gasteiger partial charge in [-0.2, -0.15) is 0 Å². The lowest BCUT2D eigenvalue weighted by Crippen LogP contribution is -2.58. The summed E-state index contributed by atoms with van der Waals surface area (Å²) in [7, 11) is 2.04. The first kappa shape index (κ1) is 19.3. The maximum atomic E-state index is 11.6. The van der Waals surface area contributed by atoms with Crippen LogP contribution in [0.4, 0.5) is 11.4 Å². The quantitative estimate of drug-likeness (QED) is 0.361. The van der Waals surface area contributed by atoms with Crippen molar-refractivity contribution in [2.24, 2.45) is 0 Å². The van der Waals surface area contributed by atoms with E-state index in [9.17, 15) is 10.1 Å². The number of pyridine rings is 1. The number of nitro benzene ring substituents is 1. The Morgan fingerprint density at radius 1 is 1.10 bits per heavy atom. The van der Waals surface area contributed by atoms with Crippen LogP contribution in [0.1, 0.15) is 30.5 Å². The van der Waals surface area contributed by atoms with Gasteiger partial charge in [-0.3, -0.25) is 10.1 Å². The van der Waals surface area contributed by atoms with Crippen LogP contribution in [0.25, 0.3) is 6.08 Å². The Labute approximate surface area is 181 Å². The van der Waals surface area contributed by atoms with Gasteiger partial charge in [0.05, 0.1) is 15.9 Å². The van der Waals surface area contributed by atoms with Gasteiger partial charge < -0.3 is 9.64 Å². The van der Waals surface area contributed by atoms with Crippen molar-refractivity contribution in [2.45, 2.75) is 31.5 Å². The van der Waals surface area contributed by atoms with Gasteiger partial charge in [-0.1, -0.05) is 24.3 Å². The lowest BCUT2D eigenvalue weighted by atomic mass is 9.76. The third-order valence-corrected chi connectivity index (χ3v) is 6.60. The van der Waals surface area contributed by atoms with Crippen molar-refractivity contribution in [1.29, 1.82) is 0 Å². The van der Waals surface area contributed by atoms with Gasteiger partial charge in [-0.15, -0.1) is 0 Å². The van der Waals surface area contributed by atoms with E-state index in [1.54, 1.807) is 12.1 Å². The third kappa shape index (κ3) is 2.75. The highest BCUT2D eigenvalue weighted by molar-refractivity contribution is 5.73. The Balaban J connectivity index is 1.66. The second kappa shape index (κ2) is 6.67. The second-order valence-corrected chi connectivity index (χ2v) is 8.66.